The summed E-state index contributed by atoms with van der Waals surface area (Å²) in [5, 5.41) is 3.15. The molecule has 2 saturated heterocycles. The predicted octanol–water partition coefficient (Wildman–Crippen LogP) is 3.56. The van der Waals surface area contributed by atoms with Crippen molar-refractivity contribution in [3.05, 3.63) is 35.4 Å². The van der Waals surface area contributed by atoms with Gasteiger partial charge in [-0.15, -0.1) is 0 Å². The third-order valence-electron chi connectivity index (χ3n) is 6.04. The first kappa shape index (κ1) is 20.2. The normalized spacial score (nSPS) is 22.4. The van der Waals surface area contributed by atoms with Gasteiger partial charge in [0.15, 0.2) is 0 Å². The van der Waals surface area contributed by atoms with Gasteiger partial charge in [-0.2, -0.15) is 0 Å². The number of likely N-dealkylation sites (tertiary alicyclic amines) is 2. The second kappa shape index (κ2) is 10.1. The summed E-state index contributed by atoms with van der Waals surface area (Å²) in [5.41, 5.74) is 2.40. The van der Waals surface area contributed by atoms with Crippen molar-refractivity contribution in [3.8, 4) is 0 Å². The molecule has 2 heterocycles. The number of urea groups is 1. The van der Waals surface area contributed by atoms with Gasteiger partial charge >= 0.3 is 6.03 Å². The van der Waals surface area contributed by atoms with E-state index in [0.29, 0.717) is 18.7 Å². The Kier molecular flexibility index (Phi) is 7.53. The zero-order valence-corrected chi connectivity index (χ0v) is 17.0. The van der Waals surface area contributed by atoms with Gasteiger partial charge in [0.05, 0.1) is 6.10 Å². The second-order valence-corrected chi connectivity index (χ2v) is 8.08. The van der Waals surface area contributed by atoms with E-state index in [9.17, 15) is 4.79 Å². The molecule has 1 atom stereocenters. The number of carbonyl (C=O) groups is 1. The molecule has 2 amide bonds. The average molecular weight is 374 g/mol. The summed E-state index contributed by atoms with van der Waals surface area (Å²) >= 11 is 0. The Labute approximate surface area is 164 Å². The molecule has 150 valence electrons. The molecule has 0 spiro atoms. The summed E-state index contributed by atoms with van der Waals surface area (Å²) in [6.45, 7) is 6.70. The second-order valence-electron chi connectivity index (χ2n) is 8.08. The van der Waals surface area contributed by atoms with Gasteiger partial charge in [-0.3, -0.25) is 0 Å². The first-order valence-electron chi connectivity index (χ1n) is 10.5. The van der Waals surface area contributed by atoms with E-state index in [1.807, 2.05) is 7.11 Å². The maximum Gasteiger partial charge on any atom is 0.317 e. The van der Waals surface area contributed by atoms with Crippen LogP contribution in [0.3, 0.4) is 0 Å². The smallest absolute Gasteiger partial charge is 0.317 e. The van der Waals surface area contributed by atoms with Gasteiger partial charge in [0, 0.05) is 45.9 Å². The molecule has 1 N–H and O–H groups in total. The Morgan fingerprint density at radius 2 is 1.81 bits per heavy atom. The van der Waals surface area contributed by atoms with Crippen LogP contribution in [0.5, 0.6) is 0 Å². The fraction of sp³-hybridized carbons (Fsp3) is 0.682. The Bertz CT molecular complexity index is 582. The van der Waals surface area contributed by atoms with Crippen LogP contribution in [0.4, 0.5) is 4.79 Å². The molecule has 5 heteroatoms. The minimum absolute atomic E-state index is 0.0919. The molecule has 2 fully saturated rings. The number of rotatable bonds is 5. The van der Waals surface area contributed by atoms with Crippen molar-refractivity contribution in [2.45, 2.75) is 64.1 Å². The molecule has 0 radical (unpaired) electrons. The minimum atomic E-state index is 0.0919. The summed E-state index contributed by atoms with van der Waals surface area (Å²) in [7, 11) is 1.81. The zero-order valence-electron chi connectivity index (χ0n) is 17.0. The first-order chi connectivity index (χ1) is 13.2. The number of hydrogen-bond donors (Lipinski definition) is 1. The van der Waals surface area contributed by atoms with Crippen LogP contribution in [-0.4, -0.2) is 61.3 Å². The van der Waals surface area contributed by atoms with E-state index >= 15 is 0 Å². The largest absolute Gasteiger partial charge is 0.381 e. The average Bonchev–Trinajstić information content (AvgIpc) is 2.93. The molecular weight excluding hydrogens is 338 g/mol. The van der Waals surface area contributed by atoms with E-state index in [1.54, 1.807) is 0 Å². The highest BCUT2D eigenvalue weighted by Gasteiger charge is 2.28. The van der Waals surface area contributed by atoms with E-state index in [1.165, 1.54) is 18.4 Å². The quantitative estimate of drug-likeness (QED) is 0.858. The molecule has 1 aromatic rings. The number of amides is 2. The van der Waals surface area contributed by atoms with Crippen molar-refractivity contribution in [2.24, 2.45) is 0 Å². The van der Waals surface area contributed by atoms with Gasteiger partial charge < -0.3 is 19.9 Å². The van der Waals surface area contributed by atoms with Crippen LogP contribution in [0, 0.1) is 6.92 Å². The number of benzene rings is 1. The number of ether oxygens (including phenoxy) is 1. The molecule has 27 heavy (non-hydrogen) atoms. The molecule has 0 aromatic heterocycles. The SMILES string of the molecule is COC1CCN(CC2CCCCCN2C(=O)NCc2ccc(C)cc2)CC1. The molecule has 0 bridgehead atoms. The summed E-state index contributed by atoms with van der Waals surface area (Å²) in [6.07, 6.45) is 7.28. The molecule has 3 rings (SSSR count). The highest BCUT2D eigenvalue weighted by atomic mass is 16.5. The van der Waals surface area contributed by atoms with Crippen molar-refractivity contribution >= 4 is 6.03 Å². The van der Waals surface area contributed by atoms with Crippen LogP contribution in [0.15, 0.2) is 24.3 Å². The maximum atomic E-state index is 12.9. The van der Waals surface area contributed by atoms with Crippen LogP contribution in [0.25, 0.3) is 0 Å². The number of carbonyl (C=O) groups excluding carboxylic acids is 1. The molecular formula is C22H35N3O2. The van der Waals surface area contributed by atoms with Gasteiger partial charge in [-0.1, -0.05) is 42.7 Å². The molecule has 2 aliphatic heterocycles. The Balaban J connectivity index is 1.55. The van der Waals surface area contributed by atoms with Gasteiger partial charge in [0.1, 0.15) is 0 Å². The van der Waals surface area contributed by atoms with Crippen molar-refractivity contribution < 1.29 is 9.53 Å². The predicted molar refractivity (Wildman–Crippen MR) is 109 cm³/mol. The molecule has 1 aromatic carbocycles. The number of hydrogen-bond acceptors (Lipinski definition) is 3. The van der Waals surface area contributed by atoms with Crippen LogP contribution in [0.1, 0.15) is 49.7 Å². The number of aryl methyl sites for hydroxylation is 1. The van der Waals surface area contributed by atoms with Gasteiger partial charge in [-0.25, -0.2) is 4.79 Å². The first-order valence-corrected chi connectivity index (χ1v) is 10.5. The van der Waals surface area contributed by atoms with Crippen molar-refractivity contribution in [3.63, 3.8) is 0 Å². The molecule has 0 saturated carbocycles. The fourth-order valence-corrected chi connectivity index (χ4v) is 4.25. The molecule has 2 aliphatic rings. The number of nitrogens with zero attached hydrogens (tertiary/aromatic N) is 2. The monoisotopic (exact) mass is 373 g/mol. The third-order valence-corrected chi connectivity index (χ3v) is 6.04. The molecule has 5 nitrogen and oxygen atoms in total. The summed E-state index contributed by atoms with van der Waals surface area (Å²) < 4.78 is 5.49. The molecule has 0 aliphatic carbocycles. The Hall–Kier alpha value is -1.59. The number of methoxy groups -OCH3 is 1. The van der Waals surface area contributed by atoms with Gasteiger partial charge in [0.2, 0.25) is 0 Å². The van der Waals surface area contributed by atoms with Crippen LogP contribution < -0.4 is 5.32 Å². The lowest BCUT2D eigenvalue weighted by Crippen LogP contribution is -2.51. The molecule has 1 unspecified atom stereocenters. The van der Waals surface area contributed by atoms with Gasteiger partial charge in [0.25, 0.3) is 0 Å². The van der Waals surface area contributed by atoms with Gasteiger partial charge in [-0.05, 0) is 38.2 Å². The van der Waals surface area contributed by atoms with E-state index in [2.05, 4.69) is 46.3 Å². The number of nitrogens with one attached hydrogen (secondary N) is 1. The number of piperidine rings is 1. The van der Waals surface area contributed by atoms with E-state index < -0.39 is 0 Å². The van der Waals surface area contributed by atoms with E-state index in [4.69, 9.17) is 4.74 Å². The lowest BCUT2D eigenvalue weighted by atomic mass is 10.0. The van der Waals surface area contributed by atoms with Crippen molar-refractivity contribution in [1.29, 1.82) is 0 Å². The Morgan fingerprint density at radius 1 is 1.07 bits per heavy atom. The van der Waals surface area contributed by atoms with Crippen LogP contribution in [0.2, 0.25) is 0 Å². The zero-order chi connectivity index (χ0) is 19.1. The standard InChI is InChI=1S/C22H35N3O2/c1-18-7-9-19(10-8-18)16-23-22(26)25-13-5-3-4-6-20(25)17-24-14-11-21(27-2)12-15-24/h7-10,20-21H,3-6,11-17H2,1-2H3,(H,23,26). The summed E-state index contributed by atoms with van der Waals surface area (Å²) in [6, 6.07) is 8.80. The lowest BCUT2D eigenvalue weighted by molar-refractivity contribution is 0.0331. The van der Waals surface area contributed by atoms with E-state index in [-0.39, 0.29) is 6.03 Å². The van der Waals surface area contributed by atoms with Crippen molar-refractivity contribution in [1.82, 2.24) is 15.1 Å². The third kappa shape index (κ3) is 5.94. The summed E-state index contributed by atoms with van der Waals surface area (Å²) in [4.78, 5) is 17.5. The van der Waals surface area contributed by atoms with Crippen LogP contribution >= 0.6 is 0 Å². The summed E-state index contributed by atoms with van der Waals surface area (Å²) in [5.74, 6) is 0. The van der Waals surface area contributed by atoms with Crippen LogP contribution in [-0.2, 0) is 11.3 Å². The fourth-order valence-electron chi connectivity index (χ4n) is 4.25. The van der Waals surface area contributed by atoms with Crippen molar-refractivity contribution in [2.75, 3.05) is 33.3 Å². The lowest BCUT2D eigenvalue weighted by Gasteiger charge is -2.37. The highest BCUT2D eigenvalue weighted by Crippen LogP contribution is 2.20. The topological polar surface area (TPSA) is 44.8 Å². The maximum absolute atomic E-state index is 12.9. The Morgan fingerprint density at radius 3 is 2.52 bits per heavy atom. The minimum Gasteiger partial charge on any atom is -0.381 e. The highest BCUT2D eigenvalue weighted by molar-refractivity contribution is 5.74. The van der Waals surface area contributed by atoms with E-state index in [0.717, 1.165) is 57.4 Å².